The van der Waals surface area contributed by atoms with Crippen molar-refractivity contribution in [1.82, 2.24) is 5.32 Å². The Labute approximate surface area is 198 Å². The molecule has 0 atom stereocenters. The zero-order valence-corrected chi connectivity index (χ0v) is 18.9. The number of benzene rings is 2. The summed E-state index contributed by atoms with van der Waals surface area (Å²) in [6.07, 6.45) is 2.99. The van der Waals surface area contributed by atoms with E-state index in [4.69, 9.17) is 35.4 Å². The van der Waals surface area contributed by atoms with Gasteiger partial charge in [0.1, 0.15) is 5.69 Å². The molecule has 0 aromatic heterocycles. The number of hydrogen-bond acceptors (Lipinski definition) is 6. The van der Waals surface area contributed by atoms with Gasteiger partial charge in [-0.1, -0.05) is 23.2 Å². The number of aromatic carboxylic acids is 1. The Hall–Kier alpha value is -2.95. The van der Waals surface area contributed by atoms with Crippen LogP contribution in [0.25, 0.3) is 0 Å². The predicted octanol–water partition coefficient (Wildman–Crippen LogP) is 4.72. The number of piperidine rings is 1. The van der Waals surface area contributed by atoms with E-state index in [0.717, 1.165) is 32.4 Å². The minimum absolute atomic E-state index is 0.0510. The van der Waals surface area contributed by atoms with Gasteiger partial charge in [-0.15, -0.1) is 0 Å². The average Bonchev–Trinajstić information content (AvgIpc) is 2.75. The lowest BCUT2D eigenvalue weighted by Crippen LogP contribution is -2.34. The van der Waals surface area contributed by atoms with Gasteiger partial charge in [0.25, 0.3) is 11.6 Å². The molecule has 0 unspecified atom stereocenters. The molecule has 1 aliphatic rings. The van der Waals surface area contributed by atoms with Crippen LogP contribution < -0.4 is 15.5 Å². The van der Waals surface area contributed by atoms with Crippen LogP contribution in [-0.4, -0.2) is 40.1 Å². The summed E-state index contributed by atoms with van der Waals surface area (Å²) < 4.78 is 0. The first-order valence-corrected chi connectivity index (χ1v) is 10.7. The second kappa shape index (κ2) is 10.1. The Morgan fingerprint density at radius 2 is 1.78 bits per heavy atom. The number of carboxylic acid groups (broad SMARTS) is 1. The van der Waals surface area contributed by atoms with Crippen LogP contribution in [0.2, 0.25) is 10.0 Å². The van der Waals surface area contributed by atoms with Crippen molar-refractivity contribution >= 4 is 69.5 Å². The van der Waals surface area contributed by atoms with E-state index in [9.17, 15) is 24.8 Å². The Morgan fingerprint density at radius 3 is 2.41 bits per heavy atom. The smallest absolute Gasteiger partial charge is 0.337 e. The molecule has 0 bridgehead atoms. The molecule has 1 amide bonds. The topological polar surface area (TPSA) is 125 Å². The maximum atomic E-state index is 12.6. The number of carbonyl (C=O) groups is 2. The number of nitro groups is 1. The lowest BCUT2D eigenvalue weighted by molar-refractivity contribution is -0.384. The Balaban J connectivity index is 1.76. The maximum Gasteiger partial charge on any atom is 0.337 e. The number of nitrogens with one attached hydrogen (secondary N) is 2. The Bertz CT molecular complexity index is 1110. The van der Waals surface area contributed by atoms with Gasteiger partial charge in [-0.2, -0.15) is 0 Å². The molecule has 2 aromatic carbocycles. The minimum atomic E-state index is -1.26. The van der Waals surface area contributed by atoms with Crippen LogP contribution in [0.3, 0.4) is 0 Å². The van der Waals surface area contributed by atoms with Gasteiger partial charge in [0.2, 0.25) is 0 Å². The van der Waals surface area contributed by atoms with Crippen LogP contribution in [0.4, 0.5) is 17.1 Å². The van der Waals surface area contributed by atoms with Crippen molar-refractivity contribution < 1.29 is 19.6 Å². The van der Waals surface area contributed by atoms with Crippen molar-refractivity contribution in [1.29, 1.82) is 0 Å². The molecular weight excluding hydrogens is 479 g/mol. The molecule has 0 aliphatic carbocycles. The third-order valence-corrected chi connectivity index (χ3v) is 5.72. The van der Waals surface area contributed by atoms with E-state index in [1.54, 1.807) is 6.07 Å². The standard InChI is InChI=1S/C20H18Cl2N4O5S/c21-13-10-14(22)15(9-12(13)19(28)29)23-20(32)24-18(27)11-4-5-16(17(8-11)26(30)31)25-6-2-1-3-7-25/h4-5,8-10H,1-3,6-7H2,(H,28,29)(H2,23,24,27,32). The van der Waals surface area contributed by atoms with Crippen LogP contribution in [0.5, 0.6) is 0 Å². The number of thiocarbonyl (C=S) groups is 1. The average molecular weight is 497 g/mol. The zero-order chi connectivity index (χ0) is 23.4. The van der Waals surface area contributed by atoms with Gasteiger partial charge in [-0.3, -0.25) is 20.2 Å². The zero-order valence-electron chi connectivity index (χ0n) is 16.6. The number of carboxylic acids is 1. The lowest BCUT2D eigenvalue weighted by atomic mass is 10.1. The van der Waals surface area contributed by atoms with E-state index in [1.165, 1.54) is 24.3 Å². The summed E-state index contributed by atoms with van der Waals surface area (Å²) in [5, 5.41) is 25.7. The fourth-order valence-corrected chi connectivity index (χ4v) is 4.06. The van der Waals surface area contributed by atoms with E-state index in [1.807, 2.05) is 4.90 Å². The number of amides is 1. The molecule has 3 N–H and O–H groups in total. The quantitative estimate of drug-likeness (QED) is 0.308. The van der Waals surface area contributed by atoms with E-state index >= 15 is 0 Å². The summed E-state index contributed by atoms with van der Waals surface area (Å²) >= 11 is 17.0. The summed E-state index contributed by atoms with van der Waals surface area (Å²) in [7, 11) is 0. The van der Waals surface area contributed by atoms with Gasteiger partial charge < -0.3 is 15.3 Å². The molecule has 32 heavy (non-hydrogen) atoms. The molecule has 1 fully saturated rings. The first-order chi connectivity index (χ1) is 15.2. The largest absolute Gasteiger partial charge is 0.478 e. The summed E-state index contributed by atoms with van der Waals surface area (Å²) in [5.74, 6) is -1.93. The molecular formula is C20H18Cl2N4O5S. The van der Waals surface area contributed by atoms with Crippen molar-refractivity contribution in [2.75, 3.05) is 23.3 Å². The number of nitrogens with zero attached hydrogens (tertiary/aromatic N) is 2. The number of anilines is 2. The minimum Gasteiger partial charge on any atom is -0.478 e. The number of nitro benzene ring substituents is 1. The summed E-state index contributed by atoms with van der Waals surface area (Å²) in [4.78, 5) is 36.9. The van der Waals surface area contributed by atoms with Crippen molar-refractivity contribution in [2.45, 2.75) is 19.3 Å². The molecule has 1 saturated heterocycles. The second-order valence-electron chi connectivity index (χ2n) is 7.03. The van der Waals surface area contributed by atoms with Crippen molar-refractivity contribution in [3.8, 4) is 0 Å². The molecule has 0 radical (unpaired) electrons. The highest BCUT2D eigenvalue weighted by Gasteiger charge is 2.23. The van der Waals surface area contributed by atoms with Gasteiger partial charge in [-0.05, 0) is 55.7 Å². The highest BCUT2D eigenvalue weighted by molar-refractivity contribution is 7.80. The summed E-state index contributed by atoms with van der Waals surface area (Å²) in [5.41, 5.74) is 0.295. The molecule has 2 aromatic rings. The van der Waals surface area contributed by atoms with Crippen LogP contribution in [0.15, 0.2) is 30.3 Å². The van der Waals surface area contributed by atoms with Gasteiger partial charge in [-0.25, -0.2) is 4.79 Å². The number of rotatable bonds is 5. The molecule has 0 spiro atoms. The third-order valence-electron chi connectivity index (χ3n) is 4.89. The summed E-state index contributed by atoms with van der Waals surface area (Å²) in [6.45, 7) is 1.45. The van der Waals surface area contributed by atoms with Crippen molar-refractivity contribution in [3.63, 3.8) is 0 Å². The first-order valence-electron chi connectivity index (χ1n) is 9.55. The predicted molar refractivity (Wildman–Crippen MR) is 126 cm³/mol. The van der Waals surface area contributed by atoms with Crippen molar-refractivity contribution in [2.24, 2.45) is 0 Å². The number of halogens is 2. The second-order valence-corrected chi connectivity index (χ2v) is 8.26. The highest BCUT2D eigenvalue weighted by Crippen LogP contribution is 2.32. The van der Waals surface area contributed by atoms with Gasteiger partial charge in [0, 0.05) is 24.7 Å². The van der Waals surface area contributed by atoms with Crippen LogP contribution in [0, 0.1) is 10.1 Å². The monoisotopic (exact) mass is 496 g/mol. The van der Waals surface area contributed by atoms with Crippen LogP contribution in [-0.2, 0) is 0 Å². The van der Waals surface area contributed by atoms with E-state index in [0.29, 0.717) is 5.69 Å². The lowest BCUT2D eigenvalue weighted by Gasteiger charge is -2.28. The molecule has 9 nitrogen and oxygen atoms in total. The SMILES string of the molecule is O=C(NC(=S)Nc1cc(C(=O)O)c(Cl)cc1Cl)c1ccc(N2CCCCC2)c([N+](=O)[O-])c1. The van der Waals surface area contributed by atoms with Gasteiger partial charge in [0.15, 0.2) is 5.11 Å². The maximum absolute atomic E-state index is 12.6. The number of hydrogen-bond donors (Lipinski definition) is 3. The van der Waals surface area contributed by atoms with Crippen LogP contribution in [0.1, 0.15) is 40.0 Å². The third kappa shape index (κ3) is 5.45. The molecule has 1 aliphatic heterocycles. The normalized spacial score (nSPS) is 13.4. The Kier molecular flexibility index (Phi) is 7.49. The molecule has 0 saturated carbocycles. The van der Waals surface area contributed by atoms with E-state index in [-0.39, 0.29) is 37.7 Å². The highest BCUT2D eigenvalue weighted by atomic mass is 35.5. The van der Waals surface area contributed by atoms with E-state index < -0.39 is 16.8 Å². The number of carbonyl (C=O) groups excluding carboxylic acids is 1. The molecule has 3 rings (SSSR count). The van der Waals surface area contributed by atoms with Crippen molar-refractivity contribution in [3.05, 3.63) is 61.6 Å². The summed E-state index contributed by atoms with van der Waals surface area (Å²) in [6, 6.07) is 6.68. The van der Waals surface area contributed by atoms with E-state index in [2.05, 4.69) is 10.6 Å². The molecule has 1 heterocycles. The fourth-order valence-electron chi connectivity index (χ4n) is 3.35. The fraction of sp³-hybridized carbons (Fsp3) is 0.250. The van der Waals surface area contributed by atoms with Gasteiger partial charge in [0.05, 0.1) is 26.2 Å². The van der Waals surface area contributed by atoms with Gasteiger partial charge >= 0.3 is 5.97 Å². The first kappa shape index (κ1) is 23.7. The Morgan fingerprint density at radius 1 is 1.09 bits per heavy atom. The molecule has 12 heteroatoms. The van der Waals surface area contributed by atoms with Crippen LogP contribution >= 0.6 is 35.4 Å². The molecule has 168 valence electrons.